The highest BCUT2D eigenvalue weighted by molar-refractivity contribution is 7.92. The number of hydrogen-bond acceptors (Lipinski definition) is 7. The van der Waals surface area contributed by atoms with Crippen LogP contribution >= 0.6 is 11.6 Å². The number of para-hydroxylation sites is 2. The molecule has 0 fully saturated rings. The Kier molecular flexibility index (Phi) is 5.73. The lowest BCUT2D eigenvalue weighted by atomic mass is 10.3. The molecule has 4 rings (SSSR count). The molecule has 0 unspecified atom stereocenters. The van der Waals surface area contributed by atoms with Crippen LogP contribution in [0.1, 0.15) is 0 Å². The molecule has 1 heterocycles. The number of nitrogens with zero attached hydrogens (tertiary/aromatic N) is 2. The first kappa shape index (κ1) is 22.0. The smallest absolute Gasteiger partial charge is 0.263 e. The van der Waals surface area contributed by atoms with Gasteiger partial charge in [0.05, 0.1) is 20.8 Å². The molecule has 0 aliphatic heterocycles. The Labute approximate surface area is 189 Å². The molecule has 9 nitrogen and oxygen atoms in total. The van der Waals surface area contributed by atoms with E-state index in [2.05, 4.69) is 20.0 Å². The standard InChI is InChI=1S/C20H16ClN5O4S2/c21-13-5-9-16(10-6-13)32(29,30)26-20-19(24-17-3-1-2-4-18(17)25-20)23-14-7-11-15(12-8-14)31(22,27)28/h1-12H,(H,23,24)(H,25,26)(H2,22,27,28). The highest BCUT2D eigenvalue weighted by atomic mass is 35.5. The monoisotopic (exact) mass is 489 g/mol. The summed E-state index contributed by atoms with van der Waals surface area (Å²) in [6.07, 6.45) is 0. The molecular weight excluding hydrogens is 474 g/mol. The second-order valence-corrected chi connectivity index (χ2v) is 10.3. The predicted molar refractivity (Wildman–Crippen MR) is 123 cm³/mol. The first-order valence-corrected chi connectivity index (χ1v) is 12.5. The van der Waals surface area contributed by atoms with Crippen LogP contribution in [0.3, 0.4) is 0 Å². The quantitative estimate of drug-likeness (QED) is 0.376. The highest BCUT2D eigenvalue weighted by Gasteiger charge is 2.19. The molecule has 0 atom stereocenters. The molecular formula is C20H16ClN5O4S2. The average Bonchev–Trinajstić information content (AvgIpc) is 2.74. The number of primary sulfonamides is 1. The Hall–Kier alpha value is -3.25. The van der Waals surface area contributed by atoms with E-state index >= 15 is 0 Å². The number of hydrogen-bond donors (Lipinski definition) is 3. The predicted octanol–water partition coefficient (Wildman–Crippen LogP) is 3.48. The molecule has 0 radical (unpaired) electrons. The van der Waals surface area contributed by atoms with Crippen LogP contribution in [-0.2, 0) is 20.0 Å². The van der Waals surface area contributed by atoms with Crippen molar-refractivity contribution in [2.75, 3.05) is 10.0 Å². The summed E-state index contributed by atoms with van der Waals surface area (Å²) < 4.78 is 51.1. The largest absolute Gasteiger partial charge is 0.337 e. The van der Waals surface area contributed by atoms with Crippen LogP contribution in [0.25, 0.3) is 11.0 Å². The zero-order valence-electron chi connectivity index (χ0n) is 16.2. The summed E-state index contributed by atoms with van der Waals surface area (Å²) >= 11 is 5.85. The maximum atomic E-state index is 12.9. The maximum Gasteiger partial charge on any atom is 0.263 e. The molecule has 0 spiro atoms. The number of halogens is 1. The lowest BCUT2D eigenvalue weighted by Gasteiger charge is -2.14. The molecule has 164 valence electrons. The third-order valence-electron chi connectivity index (χ3n) is 4.37. The Bertz CT molecular complexity index is 1510. The Morgan fingerprint density at radius 2 is 1.25 bits per heavy atom. The lowest BCUT2D eigenvalue weighted by Crippen LogP contribution is -2.16. The SMILES string of the molecule is NS(=O)(=O)c1ccc(Nc2nc3ccccc3nc2NS(=O)(=O)c2ccc(Cl)cc2)cc1. The third kappa shape index (κ3) is 4.81. The van der Waals surface area contributed by atoms with Gasteiger partial charge < -0.3 is 5.32 Å². The number of sulfonamides is 2. The second kappa shape index (κ2) is 8.36. The molecule has 0 aliphatic carbocycles. The van der Waals surface area contributed by atoms with Crippen LogP contribution in [0.4, 0.5) is 17.3 Å². The lowest BCUT2D eigenvalue weighted by molar-refractivity contribution is 0.597. The summed E-state index contributed by atoms with van der Waals surface area (Å²) in [5.74, 6) is 0.0961. The number of nitrogens with one attached hydrogen (secondary N) is 2. The molecule has 12 heteroatoms. The van der Waals surface area contributed by atoms with Gasteiger partial charge in [-0.05, 0) is 60.7 Å². The van der Waals surface area contributed by atoms with Crippen LogP contribution in [0.15, 0.2) is 82.6 Å². The third-order valence-corrected chi connectivity index (χ3v) is 6.91. The number of anilines is 3. The summed E-state index contributed by atoms with van der Waals surface area (Å²) in [6.45, 7) is 0. The van der Waals surface area contributed by atoms with Gasteiger partial charge in [-0.3, -0.25) is 4.72 Å². The Morgan fingerprint density at radius 1 is 0.719 bits per heavy atom. The van der Waals surface area contributed by atoms with Crippen molar-refractivity contribution in [3.05, 3.63) is 77.8 Å². The van der Waals surface area contributed by atoms with Crippen molar-refractivity contribution in [1.82, 2.24) is 9.97 Å². The fourth-order valence-corrected chi connectivity index (χ4v) is 4.47. The van der Waals surface area contributed by atoms with Gasteiger partial charge >= 0.3 is 0 Å². The van der Waals surface area contributed by atoms with Crippen molar-refractivity contribution in [2.24, 2.45) is 5.14 Å². The van der Waals surface area contributed by atoms with E-state index in [1.807, 2.05) is 0 Å². The van der Waals surface area contributed by atoms with E-state index in [-0.39, 0.29) is 21.4 Å². The number of nitrogens with two attached hydrogens (primary N) is 1. The molecule has 0 aliphatic rings. The van der Waals surface area contributed by atoms with Crippen molar-refractivity contribution in [3.63, 3.8) is 0 Å². The van der Waals surface area contributed by atoms with E-state index in [0.29, 0.717) is 21.7 Å². The summed E-state index contributed by atoms with van der Waals surface area (Å²) in [5.41, 5.74) is 1.47. The second-order valence-electron chi connectivity index (χ2n) is 6.66. The van der Waals surface area contributed by atoms with E-state index in [0.717, 1.165) is 0 Å². The summed E-state index contributed by atoms with van der Waals surface area (Å²) in [5, 5.41) is 8.50. The Morgan fingerprint density at radius 3 is 1.81 bits per heavy atom. The first-order chi connectivity index (χ1) is 15.1. The van der Waals surface area contributed by atoms with Crippen molar-refractivity contribution < 1.29 is 16.8 Å². The molecule has 0 saturated carbocycles. The number of fused-ring (bicyclic) bond motifs is 1. The topological polar surface area (TPSA) is 144 Å². The van der Waals surface area contributed by atoms with Gasteiger partial charge in [-0.15, -0.1) is 0 Å². The van der Waals surface area contributed by atoms with Gasteiger partial charge in [0, 0.05) is 10.7 Å². The highest BCUT2D eigenvalue weighted by Crippen LogP contribution is 2.27. The van der Waals surface area contributed by atoms with Crippen molar-refractivity contribution in [3.8, 4) is 0 Å². The molecule has 0 saturated heterocycles. The van der Waals surface area contributed by atoms with Gasteiger partial charge in [0.15, 0.2) is 11.6 Å². The van der Waals surface area contributed by atoms with Crippen molar-refractivity contribution in [1.29, 1.82) is 0 Å². The van der Waals surface area contributed by atoms with E-state index < -0.39 is 20.0 Å². The van der Waals surface area contributed by atoms with Gasteiger partial charge in [-0.1, -0.05) is 23.7 Å². The van der Waals surface area contributed by atoms with Gasteiger partial charge in [0.1, 0.15) is 0 Å². The minimum atomic E-state index is -3.99. The normalized spacial score (nSPS) is 11.9. The number of aromatic nitrogens is 2. The minimum Gasteiger partial charge on any atom is -0.337 e. The van der Waals surface area contributed by atoms with Crippen LogP contribution in [0, 0.1) is 0 Å². The molecule has 3 aromatic carbocycles. The average molecular weight is 490 g/mol. The molecule has 0 amide bonds. The number of rotatable bonds is 6. The molecule has 1 aromatic heterocycles. The van der Waals surface area contributed by atoms with Gasteiger partial charge in [0.25, 0.3) is 10.0 Å². The molecule has 0 bridgehead atoms. The van der Waals surface area contributed by atoms with E-state index in [9.17, 15) is 16.8 Å². The minimum absolute atomic E-state index is 0.000291. The van der Waals surface area contributed by atoms with Crippen LogP contribution in [0.2, 0.25) is 5.02 Å². The van der Waals surface area contributed by atoms with Crippen molar-refractivity contribution in [2.45, 2.75) is 9.79 Å². The maximum absolute atomic E-state index is 12.9. The van der Waals surface area contributed by atoms with Crippen LogP contribution < -0.4 is 15.2 Å². The summed E-state index contributed by atoms with van der Waals surface area (Å²) in [4.78, 5) is 8.81. The van der Waals surface area contributed by atoms with Gasteiger partial charge in [-0.2, -0.15) is 0 Å². The Balaban J connectivity index is 1.74. The van der Waals surface area contributed by atoms with E-state index in [4.69, 9.17) is 16.7 Å². The van der Waals surface area contributed by atoms with Crippen LogP contribution in [0.5, 0.6) is 0 Å². The van der Waals surface area contributed by atoms with Crippen molar-refractivity contribution >= 4 is 60.0 Å². The number of benzene rings is 3. The fourth-order valence-electron chi connectivity index (χ4n) is 2.82. The van der Waals surface area contributed by atoms with Gasteiger partial charge in [0.2, 0.25) is 10.0 Å². The zero-order chi connectivity index (χ0) is 22.9. The molecule has 4 N–H and O–H groups in total. The van der Waals surface area contributed by atoms with E-state index in [1.165, 1.54) is 48.5 Å². The molecule has 32 heavy (non-hydrogen) atoms. The van der Waals surface area contributed by atoms with Gasteiger partial charge in [-0.25, -0.2) is 31.9 Å². The zero-order valence-corrected chi connectivity index (χ0v) is 18.6. The first-order valence-electron chi connectivity index (χ1n) is 9.07. The summed E-state index contributed by atoms with van der Waals surface area (Å²) in [7, 11) is -7.83. The molecule has 4 aromatic rings. The van der Waals surface area contributed by atoms with Crippen LogP contribution in [-0.4, -0.2) is 26.8 Å². The van der Waals surface area contributed by atoms with E-state index in [1.54, 1.807) is 24.3 Å². The summed E-state index contributed by atoms with van der Waals surface area (Å²) in [6, 6.07) is 18.3. The fraction of sp³-hybridized carbons (Fsp3) is 0.